The van der Waals surface area contributed by atoms with Crippen LogP contribution in [0.4, 0.5) is 0 Å². The minimum absolute atomic E-state index is 0.0763. The van der Waals surface area contributed by atoms with E-state index in [4.69, 9.17) is 10.2 Å². The van der Waals surface area contributed by atoms with Crippen molar-refractivity contribution < 1.29 is 15.3 Å². The van der Waals surface area contributed by atoms with Crippen LogP contribution in [0.2, 0.25) is 0 Å². The Morgan fingerprint density at radius 2 is 1.04 bits per heavy atom. The van der Waals surface area contributed by atoms with Crippen LogP contribution in [0.25, 0.3) is 0 Å². The zero-order chi connectivity index (χ0) is 17.9. The van der Waals surface area contributed by atoms with Gasteiger partial charge < -0.3 is 15.3 Å². The van der Waals surface area contributed by atoms with E-state index >= 15 is 0 Å². The largest absolute Gasteiger partial charge is 0.395 e. The fourth-order valence-corrected chi connectivity index (χ4v) is 3.34. The number of nitrogens with zero attached hydrogens (tertiary/aromatic N) is 1. The first-order valence-corrected chi connectivity index (χ1v) is 10.4. The molecule has 0 radical (unpaired) electrons. The van der Waals surface area contributed by atoms with Gasteiger partial charge in [-0.2, -0.15) is 0 Å². The summed E-state index contributed by atoms with van der Waals surface area (Å²) in [5.41, 5.74) is 0. The molecule has 0 fully saturated rings. The maximum atomic E-state index is 9.52. The van der Waals surface area contributed by atoms with Crippen LogP contribution in [0.1, 0.15) is 90.4 Å². The molecule has 0 saturated carbocycles. The molecule has 0 aliphatic heterocycles. The van der Waals surface area contributed by atoms with Gasteiger partial charge in [-0.25, -0.2) is 0 Å². The first kappa shape index (κ1) is 23.8. The Balaban J connectivity index is 3.49. The maximum Gasteiger partial charge on any atom is 0.0586 e. The number of hydrogen-bond acceptors (Lipinski definition) is 4. The first-order valence-electron chi connectivity index (χ1n) is 10.4. The van der Waals surface area contributed by atoms with E-state index in [1.165, 1.54) is 70.6 Å². The predicted molar refractivity (Wildman–Crippen MR) is 102 cm³/mol. The zero-order valence-electron chi connectivity index (χ0n) is 16.1. The summed E-state index contributed by atoms with van der Waals surface area (Å²) in [5.74, 6) is 0. The highest BCUT2D eigenvalue weighted by Crippen LogP contribution is 2.14. The van der Waals surface area contributed by atoms with Gasteiger partial charge in [0.15, 0.2) is 0 Å². The van der Waals surface area contributed by atoms with Gasteiger partial charge >= 0.3 is 0 Å². The fraction of sp³-hybridized carbons (Fsp3) is 1.00. The number of rotatable bonds is 19. The number of aliphatic hydroxyl groups excluding tert-OH is 3. The second-order valence-corrected chi connectivity index (χ2v) is 7.00. The Bertz CT molecular complexity index is 233. The summed E-state index contributed by atoms with van der Waals surface area (Å²) in [6, 6.07) is 0.0763. The third kappa shape index (κ3) is 14.2. The van der Waals surface area contributed by atoms with Crippen LogP contribution < -0.4 is 0 Å². The molecule has 0 spiro atoms. The van der Waals surface area contributed by atoms with Crippen molar-refractivity contribution in [2.24, 2.45) is 0 Å². The molecule has 0 rings (SSSR count). The van der Waals surface area contributed by atoms with E-state index in [-0.39, 0.29) is 25.9 Å². The van der Waals surface area contributed by atoms with Gasteiger partial charge in [-0.05, 0) is 6.42 Å². The van der Waals surface area contributed by atoms with Crippen molar-refractivity contribution in [2.45, 2.75) is 96.4 Å². The molecule has 0 aliphatic rings. The Morgan fingerprint density at radius 1 is 0.625 bits per heavy atom. The van der Waals surface area contributed by atoms with E-state index in [9.17, 15) is 5.11 Å². The topological polar surface area (TPSA) is 63.9 Å². The van der Waals surface area contributed by atoms with E-state index < -0.39 is 0 Å². The van der Waals surface area contributed by atoms with E-state index in [1.807, 2.05) is 4.90 Å². The zero-order valence-corrected chi connectivity index (χ0v) is 16.1. The monoisotopic (exact) mass is 345 g/mol. The van der Waals surface area contributed by atoms with E-state index in [0.29, 0.717) is 13.1 Å². The van der Waals surface area contributed by atoms with Gasteiger partial charge in [-0.15, -0.1) is 0 Å². The summed E-state index contributed by atoms with van der Waals surface area (Å²) in [7, 11) is 0. The molecular formula is C20H43NO3. The lowest BCUT2D eigenvalue weighted by Crippen LogP contribution is -2.41. The normalized spacial score (nSPS) is 12.9. The molecule has 0 aromatic heterocycles. The highest BCUT2D eigenvalue weighted by atomic mass is 16.3. The van der Waals surface area contributed by atoms with Crippen LogP contribution in [0, 0.1) is 0 Å². The van der Waals surface area contributed by atoms with Crippen molar-refractivity contribution in [3.63, 3.8) is 0 Å². The number of unbranched alkanes of at least 4 members (excludes halogenated alkanes) is 11. The molecule has 0 aliphatic carbocycles. The average molecular weight is 346 g/mol. The second kappa shape index (κ2) is 19.2. The molecule has 1 unspecified atom stereocenters. The van der Waals surface area contributed by atoms with Crippen LogP contribution in [0.3, 0.4) is 0 Å². The lowest BCUT2D eigenvalue weighted by atomic mass is 10.0. The van der Waals surface area contributed by atoms with Crippen LogP contribution in [-0.4, -0.2) is 59.2 Å². The summed E-state index contributed by atoms with van der Waals surface area (Å²) in [6.07, 6.45) is 17.0. The Morgan fingerprint density at radius 3 is 1.42 bits per heavy atom. The minimum atomic E-state index is 0.0763. The molecule has 0 amide bonds. The summed E-state index contributed by atoms with van der Waals surface area (Å²) >= 11 is 0. The average Bonchev–Trinajstić information content (AvgIpc) is 2.59. The van der Waals surface area contributed by atoms with Crippen molar-refractivity contribution in [1.29, 1.82) is 0 Å². The van der Waals surface area contributed by atoms with Crippen molar-refractivity contribution in [1.82, 2.24) is 4.90 Å². The highest BCUT2D eigenvalue weighted by molar-refractivity contribution is 4.71. The quantitative estimate of drug-likeness (QED) is 0.312. The highest BCUT2D eigenvalue weighted by Gasteiger charge is 2.16. The molecular weight excluding hydrogens is 302 g/mol. The van der Waals surface area contributed by atoms with Gasteiger partial charge in [0.25, 0.3) is 0 Å². The maximum absolute atomic E-state index is 9.52. The molecule has 0 aromatic carbocycles. The summed E-state index contributed by atoms with van der Waals surface area (Å²) in [4.78, 5) is 2.00. The molecule has 1 atom stereocenters. The van der Waals surface area contributed by atoms with Gasteiger partial charge in [0.05, 0.1) is 19.8 Å². The van der Waals surface area contributed by atoms with Gasteiger partial charge in [-0.3, -0.25) is 4.90 Å². The molecule has 3 N–H and O–H groups in total. The van der Waals surface area contributed by atoms with Gasteiger partial charge in [0.1, 0.15) is 0 Å². The third-order valence-corrected chi connectivity index (χ3v) is 4.89. The summed E-state index contributed by atoms with van der Waals surface area (Å²) in [6.45, 7) is 3.59. The van der Waals surface area contributed by atoms with Crippen molar-refractivity contribution in [3.8, 4) is 0 Å². The number of aliphatic hydroxyl groups is 3. The Kier molecular flexibility index (Phi) is 19.0. The van der Waals surface area contributed by atoms with E-state index in [0.717, 1.165) is 12.8 Å². The summed E-state index contributed by atoms with van der Waals surface area (Å²) in [5, 5.41) is 27.7. The van der Waals surface area contributed by atoms with Crippen LogP contribution >= 0.6 is 0 Å². The first-order chi connectivity index (χ1) is 11.8. The minimum Gasteiger partial charge on any atom is -0.395 e. The van der Waals surface area contributed by atoms with Gasteiger partial charge in [-0.1, -0.05) is 84.0 Å². The van der Waals surface area contributed by atoms with E-state index in [2.05, 4.69) is 6.92 Å². The SMILES string of the molecule is CCCCCCCCCCCCCCC(CO)N(CCO)CCO. The van der Waals surface area contributed by atoms with Crippen LogP contribution in [0.5, 0.6) is 0 Å². The predicted octanol–water partition coefficient (Wildman–Crippen LogP) is 3.73. The third-order valence-electron chi connectivity index (χ3n) is 4.89. The number of hydrogen-bond donors (Lipinski definition) is 3. The Hall–Kier alpha value is -0.160. The lowest BCUT2D eigenvalue weighted by molar-refractivity contribution is 0.0781. The Labute approximate surface area is 150 Å². The molecule has 146 valence electrons. The van der Waals surface area contributed by atoms with Crippen molar-refractivity contribution >= 4 is 0 Å². The van der Waals surface area contributed by atoms with E-state index in [1.54, 1.807) is 0 Å². The lowest BCUT2D eigenvalue weighted by Gasteiger charge is -2.29. The molecule has 4 heteroatoms. The van der Waals surface area contributed by atoms with Crippen LogP contribution in [-0.2, 0) is 0 Å². The molecule has 0 aromatic rings. The summed E-state index contributed by atoms with van der Waals surface area (Å²) < 4.78 is 0. The second-order valence-electron chi connectivity index (χ2n) is 7.00. The van der Waals surface area contributed by atoms with Gasteiger partial charge in [0.2, 0.25) is 0 Å². The van der Waals surface area contributed by atoms with Crippen LogP contribution in [0.15, 0.2) is 0 Å². The molecule has 24 heavy (non-hydrogen) atoms. The van der Waals surface area contributed by atoms with Crippen molar-refractivity contribution in [2.75, 3.05) is 32.9 Å². The molecule has 0 bridgehead atoms. The van der Waals surface area contributed by atoms with Crippen molar-refractivity contribution in [3.05, 3.63) is 0 Å². The fourth-order valence-electron chi connectivity index (χ4n) is 3.34. The smallest absolute Gasteiger partial charge is 0.0586 e. The molecule has 4 nitrogen and oxygen atoms in total. The molecule has 0 saturated heterocycles. The molecule has 0 heterocycles. The van der Waals surface area contributed by atoms with Gasteiger partial charge in [0, 0.05) is 19.1 Å². The standard InChI is InChI=1S/C20H43NO3/c1-2-3-4-5-6-7-8-9-10-11-12-13-14-20(19-24)21(15-17-22)16-18-23/h20,22-24H,2-19H2,1H3.